The Morgan fingerprint density at radius 3 is 2.41 bits per heavy atom. The first-order chi connectivity index (χ1) is 17.8. The number of anilines is 1. The van der Waals surface area contributed by atoms with Gasteiger partial charge >= 0.3 is 0 Å². The van der Waals surface area contributed by atoms with Gasteiger partial charge in [0.2, 0.25) is 0 Å². The molecule has 0 radical (unpaired) electrons. The summed E-state index contributed by atoms with van der Waals surface area (Å²) in [6.07, 6.45) is 1.67. The fourth-order valence-corrected chi connectivity index (χ4v) is 4.13. The van der Waals surface area contributed by atoms with Gasteiger partial charge in [0.1, 0.15) is 17.8 Å². The second kappa shape index (κ2) is 12.9. The number of aldehydes is 1. The van der Waals surface area contributed by atoms with Crippen molar-refractivity contribution >= 4 is 17.9 Å². The van der Waals surface area contributed by atoms with E-state index in [0.29, 0.717) is 29.0 Å². The van der Waals surface area contributed by atoms with Crippen LogP contribution in [0.25, 0.3) is 16.9 Å². The predicted molar refractivity (Wildman–Crippen MR) is 146 cm³/mol. The van der Waals surface area contributed by atoms with Crippen molar-refractivity contribution in [1.82, 2.24) is 20.0 Å². The summed E-state index contributed by atoms with van der Waals surface area (Å²) < 4.78 is 13.1. The molecule has 0 saturated heterocycles. The van der Waals surface area contributed by atoms with E-state index in [1.54, 1.807) is 25.0 Å². The topological polar surface area (TPSA) is 97.7 Å². The minimum Gasteiger partial charge on any atom is -0.496 e. The van der Waals surface area contributed by atoms with Gasteiger partial charge in [-0.15, -0.1) is 0 Å². The van der Waals surface area contributed by atoms with Crippen LogP contribution in [0.4, 0.5) is 5.69 Å². The van der Waals surface area contributed by atoms with E-state index in [-0.39, 0.29) is 18.2 Å². The van der Waals surface area contributed by atoms with Crippen LogP contribution in [0.15, 0.2) is 42.5 Å². The summed E-state index contributed by atoms with van der Waals surface area (Å²) in [6, 6.07) is 13.4. The van der Waals surface area contributed by atoms with Crippen molar-refractivity contribution in [3.63, 3.8) is 0 Å². The van der Waals surface area contributed by atoms with E-state index in [1.807, 2.05) is 30.3 Å². The highest BCUT2D eigenvalue weighted by molar-refractivity contribution is 5.95. The molecule has 0 spiro atoms. The van der Waals surface area contributed by atoms with Gasteiger partial charge in [0, 0.05) is 12.2 Å². The Bertz CT molecular complexity index is 1200. The van der Waals surface area contributed by atoms with Crippen molar-refractivity contribution in [2.24, 2.45) is 0 Å². The van der Waals surface area contributed by atoms with E-state index in [4.69, 9.17) is 9.47 Å². The van der Waals surface area contributed by atoms with Crippen LogP contribution in [-0.2, 0) is 4.79 Å². The van der Waals surface area contributed by atoms with Crippen molar-refractivity contribution in [3.8, 4) is 28.4 Å². The lowest BCUT2D eigenvalue weighted by molar-refractivity contribution is -0.107. The lowest BCUT2D eigenvalue weighted by atomic mass is 9.99. The predicted octanol–water partition coefficient (Wildman–Crippen LogP) is 3.97. The molecule has 9 nitrogen and oxygen atoms in total. The molecule has 3 rings (SSSR count). The molecule has 0 aliphatic heterocycles. The SMILES string of the molecule is COc1cccc(OC)c1-c1cc(C(=O)NCC=O)nn1-c1ccc(NCCCN(C)C)cc1C(C)C. The molecule has 0 bridgehead atoms. The molecule has 1 heterocycles. The highest BCUT2D eigenvalue weighted by Crippen LogP contribution is 2.40. The van der Waals surface area contributed by atoms with Crippen LogP contribution >= 0.6 is 0 Å². The zero-order valence-electron chi connectivity index (χ0n) is 22.5. The number of carbonyl (C=O) groups excluding carboxylic acids is 2. The number of hydrogen-bond acceptors (Lipinski definition) is 7. The zero-order chi connectivity index (χ0) is 26.9. The monoisotopic (exact) mass is 507 g/mol. The van der Waals surface area contributed by atoms with Crippen molar-refractivity contribution in [1.29, 1.82) is 0 Å². The number of benzene rings is 2. The van der Waals surface area contributed by atoms with E-state index in [2.05, 4.69) is 54.6 Å². The Morgan fingerprint density at radius 1 is 1.11 bits per heavy atom. The van der Waals surface area contributed by atoms with E-state index >= 15 is 0 Å². The third-order valence-corrected chi connectivity index (χ3v) is 5.96. The quantitative estimate of drug-likeness (QED) is 0.267. The maximum Gasteiger partial charge on any atom is 0.272 e. The van der Waals surface area contributed by atoms with E-state index < -0.39 is 5.91 Å². The van der Waals surface area contributed by atoms with E-state index in [1.165, 1.54) is 0 Å². The number of nitrogens with zero attached hydrogens (tertiary/aromatic N) is 3. The lowest BCUT2D eigenvalue weighted by Crippen LogP contribution is -2.25. The smallest absolute Gasteiger partial charge is 0.272 e. The molecular weight excluding hydrogens is 470 g/mol. The number of carbonyl (C=O) groups is 2. The molecule has 37 heavy (non-hydrogen) atoms. The average Bonchev–Trinajstić information content (AvgIpc) is 3.33. The number of ether oxygens (including phenoxy) is 2. The summed E-state index contributed by atoms with van der Waals surface area (Å²) in [6.45, 7) is 6.03. The summed E-state index contributed by atoms with van der Waals surface area (Å²) in [5.74, 6) is 0.921. The van der Waals surface area contributed by atoms with Crippen LogP contribution in [0.5, 0.6) is 11.5 Å². The van der Waals surface area contributed by atoms with Gasteiger partial charge < -0.3 is 29.8 Å². The number of rotatable bonds is 13. The fraction of sp³-hybridized carbons (Fsp3) is 0.393. The molecular formula is C28H37N5O4. The van der Waals surface area contributed by atoms with E-state index in [9.17, 15) is 9.59 Å². The molecule has 9 heteroatoms. The van der Waals surface area contributed by atoms with Gasteiger partial charge in [0.25, 0.3) is 5.91 Å². The molecule has 0 saturated carbocycles. The molecule has 2 aromatic carbocycles. The zero-order valence-corrected chi connectivity index (χ0v) is 22.5. The summed E-state index contributed by atoms with van der Waals surface area (Å²) in [4.78, 5) is 25.8. The minimum absolute atomic E-state index is 0.0928. The number of methoxy groups -OCH3 is 2. The Hall–Kier alpha value is -3.85. The fourth-order valence-electron chi connectivity index (χ4n) is 4.13. The highest BCUT2D eigenvalue weighted by Gasteiger charge is 2.24. The molecule has 1 aromatic heterocycles. The summed E-state index contributed by atoms with van der Waals surface area (Å²) >= 11 is 0. The Labute approximate surface area is 218 Å². The first-order valence-corrected chi connectivity index (χ1v) is 12.4. The molecule has 2 N–H and O–H groups in total. The number of hydrogen-bond donors (Lipinski definition) is 2. The number of amides is 1. The molecule has 0 atom stereocenters. The molecule has 3 aromatic rings. The van der Waals surface area contributed by atoms with E-state index in [0.717, 1.165) is 36.4 Å². The molecule has 0 aliphatic rings. The molecule has 0 unspecified atom stereocenters. The van der Waals surface area contributed by atoms with Gasteiger partial charge in [-0.1, -0.05) is 19.9 Å². The van der Waals surface area contributed by atoms with Gasteiger partial charge in [0.05, 0.1) is 37.7 Å². The van der Waals surface area contributed by atoms with Crippen molar-refractivity contribution in [2.75, 3.05) is 53.3 Å². The maximum absolute atomic E-state index is 12.8. The maximum atomic E-state index is 12.8. The second-order valence-corrected chi connectivity index (χ2v) is 9.25. The van der Waals surface area contributed by atoms with Crippen molar-refractivity contribution in [2.45, 2.75) is 26.2 Å². The lowest BCUT2D eigenvalue weighted by Gasteiger charge is -2.19. The van der Waals surface area contributed by atoms with Crippen LogP contribution in [0.1, 0.15) is 42.2 Å². The Balaban J connectivity index is 2.14. The minimum atomic E-state index is -0.439. The normalized spacial score (nSPS) is 11.0. The Kier molecular flexibility index (Phi) is 9.68. The van der Waals surface area contributed by atoms with Crippen LogP contribution in [0.3, 0.4) is 0 Å². The number of nitrogens with one attached hydrogen (secondary N) is 2. The van der Waals surface area contributed by atoms with Gasteiger partial charge in [-0.05, 0) is 74.9 Å². The third-order valence-electron chi connectivity index (χ3n) is 5.96. The van der Waals surface area contributed by atoms with Crippen LogP contribution in [-0.4, -0.2) is 74.8 Å². The molecule has 0 fully saturated rings. The average molecular weight is 508 g/mol. The summed E-state index contributed by atoms with van der Waals surface area (Å²) in [5, 5.41) is 10.8. The van der Waals surface area contributed by atoms with Gasteiger partial charge in [-0.25, -0.2) is 4.68 Å². The van der Waals surface area contributed by atoms with Crippen LogP contribution in [0, 0.1) is 0 Å². The van der Waals surface area contributed by atoms with Crippen LogP contribution < -0.4 is 20.1 Å². The van der Waals surface area contributed by atoms with Crippen LogP contribution in [0.2, 0.25) is 0 Å². The first-order valence-electron chi connectivity index (χ1n) is 12.4. The summed E-state index contributed by atoms with van der Waals surface area (Å²) in [7, 11) is 7.31. The Morgan fingerprint density at radius 2 is 1.81 bits per heavy atom. The first kappa shape index (κ1) is 27.7. The largest absolute Gasteiger partial charge is 0.496 e. The van der Waals surface area contributed by atoms with Crippen molar-refractivity contribution in [3.05, 3.63) is 53.7 Å². The molecule has 0 aliphatic carbocycles. The number of aromatic nitrogens is 2. The highest BCUT2D eigenvalue weighted by atomic mass is 16.5. The van der Waals surface area contributed by atoms with Crippen molar-refractivity contribution < 1.29 is 19.1 Å². The van der Waals surface area contributed by atoms with Gasteiger partial charge in [-0.3, -0.25) is 4.79 Å². The standard InChI is InChI=1S/C28H37N5O4/c1-19(2)21-17-20(29-13-8-15-32(3)4)11-12-23(21)33-24(18-22(31-33)28(35)30-14-16-34)27-25(36-5)9-7-10-26(27)37-6/h7,9-12,16-19,29H,8,13-15H2,1-6H3,(H,30,35). The van der Waals surface area contributed by atoms with Gasteiger partial charge in [-0.2, -0.15) is 5.10 Å². The van der Waals surface area contributed by atoms with Gasteiger partial charge in [0.15, 0.2) is 5.69 Å². The second-order valence-electron chi connectivity index (χ2n) is 9.25. The third kappa shape index (κ3) is 6.68. The summed E-state index contributed by atoms with van der Waals surface area (Å²) in [5.41, 5.74) is 4.43. The molecule has 1 amide bonds. The molecule has 198 valence electrons.